The molecule has 2 aromatic rings. The van der Waals surface area contributed by atoms with Gasteiger partial charge < -0.3 is 0 Å². The Morgan fingerprint density at radius 2 is 1.87 bits per heavy atom. The SMILES string of the molecule is Cc1csc(CC(=O)NNC(=O)CN(C)Cc2ccccc2)n1. The maximum Gasteiger partial charge on any atom is 0.252 e. The van der Waals surface area contributed by atoms with E-state index in [0.29, 0.717) is 6.54 Å². The Hall–Kier alpha value is -2.25. The lowest BCUT2D eigenvalue weighted by Gasteiger charge is -2.16. The average Bonchev–Trinajstić information content (AvgIpc) is 2.91. The molecular weight excluding hydrogens is 312 g/mol. The number of rotatable bonds is 6. The van der Waals surface area contributed by atoms with Crippen molar-refractivity contribution in [3.05, 3.63) is 52.0 Å². The van der Waals surface area contributed by atoms with Crippen LogP contribution in [-0.4, -0.2) is 35.3 Å². The quantitative estimate of drug-likeness (QED) is 0.782. The highest BCUT2D eigenvalue weighted by atomic mass is 32.1. The number of hydrogen-bond acceptors (Lipinski definition) is 5. The monoisotopic (exact) mass is 332 g/mol. The number of nitrogens with zero attached hydrogens (tertiary/aromatic N) is 2. The van der Waals surface area contributed by atoms with Gasteiger partial charge in [-0.3, -0.25) is 25.3 Å². The number of benzene rings is 1. The first kappa shape index (κ1) is 17.1. The molecule has 1 aromatic carbocycles. The summed E-state index contributed by atoms with van der Waals surface area (Å²) in [6, 6.07) is 9.89. The predicted octanol–water partition coefficient (Wildman–Crippen LogP) is 1.27. The maximum atomic E-state index is 11.8. The van der Waals surface area contributed by atoms with Crippen LogP contribution in [0.2, 0.25) is 0 Å². The number of likely N-dealkylation sites (N-methyl/N-ethyl adjacent to an activating group) is 1. The van der Waals surface area contributed by atoms with E-state index < -0.39 is 0 Å². The van der Waals surface area contributed by atoms with Gasteiger partial charge in [-0.1, -0.05) is 30.3 Å². The Kier molecular flexibility index (Phi) is 6.25. The molecule has 0 atom stereocenters. The second-order valence-corrected chi connectivity index (χ2v) is 6.26. The van der Waals surface area contributed by atoms with Gasteiger partial charge in [0.15, 0.2) is 0 Å². The number of carbonyl (C=O) groups is 2. The van der Waals surface area contributed by atoms with Crippen molar-refractivity contribution in [2.45, 2.75) is 19.9 Å². The highest BCUT2D eigenvalue weighted by molar-refractivity contribution is 7.09. The first-order valence-corrected chi connectivity index (χ1v) is 8.12. The van der Waals surface area contributed by atoms with Crippen molar-refractivity contribution < 1.29 is 9.59 Å². The number of carbonyl (C=O) groups excluding carboxylic acids is 2. The van der Waals surface area contributed by atoms with E-state index in [0.717, 1.165) is 16.3 Å². The third-order valence-electron chi connectivity index (χ3n) is 3.03. The third-order valence-corrected chi connectivity index (χ3v) is 4.00. The summed E-state index contributed by atoms with van der Waals surface area (Å²) >= 11 is 1.43. The van der Waals surface area contributed by atoms with Gasteiger partial charge in [-0.15, -0.1) is 11.3 Å². The summed E-state index contributed by atoms with van der Waals surface area (Å²) < 4.78 is 0. The highest BCUT2D eigenvalue weighted by Gasteiger charge is 2.10. The van der Waals surface area contributed by atoms with Crippen LogP contribution < -0.4 is 10.9 Å². The van der Waals surface area contributed by atoms with Gasteiger partial charge in [0.25, 0.3) is 5.91 Å². The lowest BCUT2D eigenvalue weighted by molar-refractivity contribution is -0.129. The van der Waals surface area contributed by atoms with Crippen LogP contribution in [0, 0.1) is 6.92 Å². The lowest BCUT2D eigenvalue weighted by atomic mass is 10.2. The van der Waals surface area contributed by atoms with Gasteiger partial charge in [-0.05, 0) is 19.5 Å². The molecule has 2 rings (SSSR count). The van der Waals surface area contributed by atoms with Crippen LogP contribution in [0.4, 0.5) is 0 Å². The zero-order valence-electron chi connectivity index (χ0n) is 13.2. The molecule has 7 heteroatoms. The summed E-state index contributed by atoms with van der Waals surface area (Å²) in [5.41, 5.74) is 6.86. The van der Waals surface area contributed by atoms with Gasteiger partial charge in [0, 0.05) is 17.6 Å². The number of thiazole rings is 1. The van der Waals surface area contributed by atoms with Crippen LogP contribution >= 0.6 is 11.3 Å². The molecule has 0 saturated carbocycles. The number of hydrogen-bond donors (Lipinski definition) is 2. The Labute approximate surface area is 139 Å². The second kappa shape index (κ2) is 8.40. The average molecular weight is 332 g/mol. The summed E-state index contributed by atoms with van der Waals surface area (Å²) in [7, 11) is 1.85. The van der Waals surface area contributed by atoms with Gasteiger partial charge in [-0.25, -0.2) is 4.98 Å². The van der Waals surface area contributed by atoms with E-state index in [2.05, 4.69) is 15.8 Å². The minimum atomic E-state index is -0.279. The van der Waals surface area contributed by atoms with Gasteiger partial charge in [0.1, 0.15) is 5.01 Å². The van der Waals surface area contributed by atoms with Crippen molar-refractivity contribution in [1.29, 1.82) is 0 Å². The van der Waals surface area contributed by atoms with Crippen molar-refractivity contribution in [2.24, 2.45) is 0 Å². The molecule has 1 heterocycles. The van der Waals surface area contributed by atoms with Crippen LogP contribution in [0.5, 0.6) is 0 Å². The molecule has 0 unspecified atom stereocenters. The Balaban J connectivity index is 1.69. The fraction of sp³-hybridized carbons (Fsp3) is 0.312. The third kappa shape index (κ3) is 6.17. The van der Waals surface area contributed by atoms with E-state index in [1.165, 1.54) is 11.3 Å². The van der Waals surface area contributed by atoms with Gasteiger partial charge in [-0.2, -0.15) is 0 Å². The number of hydrazine groups is 1. The minimum absolute atomic E-state index is 0.165. The van der Waals surface area contributed by atoms with Crippen molar-refractivity contribution in [3.8, 4) is 0 Å². The Morgan fingerprint density at radius 1 is 1.17 bits per heavy atom. The molecule has 122 valence electrons. The molecule has 23 heavy (non-hydrogen) atoms. The summed E-state index contributed by atoms with van der Waals surface area (Å²) in [5, 5.41) is 2.62. The van der Waals surface area contributed by atoms with E-state index >= 15 is 0 Å². The maximum absolute atomic E-state index is 11.8. The van der Waals surface area contributed by atoms with Gasteiger partial charge >= 0.3 is 0 Å². The summed E-state index contributed by atoms with van der Waals surface area (Å²) in [6.45, 7) is 2.74. The van der Waals surface area contributed by atoms with Crippen molar-refractivity contribution >= 4 is 23.2 Å². The molecule has 0 aliphatic carbocycles. The fourth-order valence-electron chi connectivity index (χ4n) is 2.04. The number of aromatic nitrogens is 1. The molecule has 0 spiro atoms. The largest absolute Gasteiger partial charge is 0.293 e. The van der Waals surface area contributed by atoms with E-state index in [9.17, 15) is 9.59 Å². The van der Waals surface area contributed by atoms with Crippen molar-refractivity contribution in [3.63, 3.8) is 0 Å². The van der Waals surface area contributed by atoms with Crippen LogP contribution in [0.25, 0.3) is 0 Å². The molecule has 0 radical (unpaired) electrons. The first-order chi connectivity index (χ1) is 11.0. The molecular formula is C16H20N4O2S. The molecule has 0 bridgehead atoms. The number of nitrogens with one attached hydrogen (secondary N) is 2. The highest BCUT2D eigenvalue weighted by Crippen LogP contribution is 2.08. The van der Waals surface area contributed by atoms with Gasteiger partial charge in [0.05, 0.1) is 13.0 Å². The Morgan fingerprint density at radius 3 is 2.52 bits per heavy atom. The van der Waals surface area contributed by atoms with E-state index in [1.807, 2.05) is 54.6 Å². The van der Waals surface area contributed by atoms with Gasteiger partial charge in [0.2, 0.25) is 5.91 Å². The molecule has 0 fully saturated rings. The van der Waals surface area contributed by atoms with Crippen LogP contribution in [-0.2, 0) is 22.6 Å². The van der Waals surface area contributed by atoms with Crippen LogP contribution in [0.15, 0.2) is 35.7 Å². The Bertz CT molecular complexity index is 657. The van der Waals surface area contributed by atoms with Crippen molar-refractivity contribution in [2.75, 3.05) is 13.6 Å². The van der Waals surface area contributed by atoms with E-state index in [1.54, 1.807) is 0 Å². The molecule has 1 aromatic heterocycles. The fourth-order valence-corrected chi connectivity index (χ4v) is 2.81. The first-order valence-electron chi connectivity index (χ1n) is 7.24. The smallest absolute Gasteiger partial charge is 0.252 e. The topological polar surface area (TPSA) is 74.3 Å². The normalized spacial score (nSPS) is 10.6. The zero-order valence-corrected chi connectivity index (χ0v) is 14.0. The molecule has 2 N–H and O–H groups in total. The second-order valence-electron chi connectivity index (χ2n) is 5.31. The van der Waals surface area contributed by atoms with Crippen LogP contribution in [0.1, 0.15) is 16.3 Å². The molecule has 2 amide bonds. The van der Waals surface area contributed by atoms with Crippen molar-refractivity contribution in [1.82, 2.24) is 20.7 Å². The number of amides is 2. The summed E-state index contributed by atoms with van der Waals surface area (Å²) in [5.74, 6) is -0.537. The summed E-state index contributed by atoms with van der Waals surface area (Å²) in [6.07, 6.45) is 0.165. The molecule has 6 nitrogen and oxygen atoms in total. The van der Waals surface area contributed by atoms with E-state index in [-0.39, 0.29) is 24.8 Å². The molecule has 0 saturated heterocycles. The zero-order chi connectivity index (χ0) is 16.7. The standard InChI is InChI=1S/C16H20N4O2S/c1-12-11-23-16(17-12)8-14(21)18-19-15(22)10-20(2)9-13-6-4-3-5-7-13/h3-7,11H,8-10H2,1-2H3,(H,18,21)(H,19,22). The van der Waals surface area contributed by atoms with E-state index in [4.69, 9.17) is 0 Å². The van der Waals surface area contributed by atoms with Crippen LogP contribution in [0.3, 0.4) is 0 Å². The molecule has 0 aliphatic heterocycles. The summed E-state index contributed by atoms with van der Waals surface area (Å²) in [4.78, 5) is 29.6. The minimum Gasteiger partial charge on any atom is -0.293 e. The molecule has 0 aliphatic rings. The predicted molar refractivity (Wildman–Crippen MR) is 89.6 cm³/mol. The number of aryl methyl sites for hydroxylation is 1. The lowest BCUT2D eigenvalue weighted by Crippen LogP contribution is -2.46.